The van der Waals surface area contributed by atoms with Gasteiger partial charge >= 0.3 is 5.97 Å². The van der Waals surface area contributed by atoms with Gasteiger partial charge in [-0.1, -0.05) is 17.7 Å². The number of aromatic carboxylic acids is 1. The fraction of sp³-hybridized carbons (Fsp3) is 0.0714. The van der Waals surface area contributed by atoms with Gasteiger partial charge in [0.05, 0.1) is 16.1 Å². The maximum absolute atomic E-state index is 13.6. The molecule has 2 aromatic carbocycles. The predicted octanol–water partition coefficient (Wildman–Crippen LogP) is 2.77. The first-order valence-electron chi connectivity index (χ1n) is 6.02. The van der Waals surface area contributed by atoms with Crippen LogP contribution in [0.2, 0.25) is 0 Å². The summed E-state index contributed by atoms with van der Waals surface area (Å²) in [7, 11) is -4.11. The van der Waals surface area contributed by atoms with E-state index in [0.717, 1.165) is 5.56 Å². The molecule has 8 heteroatoms. The van der Waals surface area contributed by atoms with Crippen LogP contribution in [-0.4, -0.2) is 19.5 Å². The second-order valence-corrected chi connectivity index (χ2v) is 6.22. The Morgan fingerprint density at radius 1 is 1.09 bits per heavy atom. The zero-order chi connectivity index (χ0) is 16.5. The number of sulfonamides is 1. The van der Waals surface area contributed by atoms with Crippen molar-refractivity contribution in [2.75, 3.05) is 4.72 Å². The number of benzene rings is 2. The van der Waals surface area contributed by atoms with Gasteiger partial charge in [0.2, 0.25) is 0 Å². The molecule has 0 radical (unpaired) electrons. The Morgan fingerprint density at radius 3 is 2.23 bits per heavy atom. The quantitative estimate of drug-likeness (QED) is 0.904. The number of halogens is 2. The molecule has 0 aliphatic rings. The second-order valence-electron chi connectivity index (χ2n) is 4.54. The number of rotatable bonds is 4. The minimum Gasteiger partial charge on any atom is -0.478 e. The Labute approximate surface area is 125 Å². The van der Waals surface area contributed by atoms with Crippen molar-refractivity contribution in [3.63, 3.8) is 0 Å². The molecular formula is C14H11F2NO4S. The van der Waals surface area contributed by atoms with Crippen molar-refractivity contribution in [2.24, 2.45) is 0 Å². The maximum atomic E-state index is 13.6. The molecule has 0 amide bonds. The van der Waals surface area contributed by atoms with Crippen LogP contribution in [0.15, 0.2) is 41.3 Å². The van der Waals surface area contributed by atoms with Crippen LogP contribution in [-0.2, 0) is 10.0 Å². The van der Waals surface area contributed by atoms with Crippen molar-refractivity contribution in [1.82, 2.24) is 0 Å². The summed E-state index contributed by atoms with van der Waals surface area (Å²) < 4.78 is 53.1. The average molecular weight is 327 g/mol. The molecule has 22 heavy (non-hydrogen) atoms. The highest BCUT2D eigenvalue weighted by Crippen LogP contribution is 2.23. The Kier molecular flexibility index (Phi) is 4.14. The summed E-state index contributed by atoms with van der Waals surface area (Å²) >= 11 is 0. The standard InChI is InChI=1S/C14H11F2NO4S/c1-8-2-4-9(5-3-8)22(20,21)17-13-6-10(14(18)19)11(15)7-12(13)16/h2-7,17H,1H3,(H,18,19). The molecule has 0 bridgehead atoms. The summed E-state index contributed by atoms with van der Waals surface area (Å²) in [6.07, 6.45) is 0. The van der Waals surface area contributed by atoms with Crippen LogP contribution in [0, 0.1) is 18.6 Å². The molecule has 0 spiro atoms. The van der Waals surface area contributed by atoms with E-state index in [1.807, 2.05) is 4.72 Å². The third kappa shape index (κ3) is 3.22. The summed E-state index contributed by atoms with van der Waals surface area (Å²) in [6.45, 7) is 1.77. The van der Waals surface area contributed by atoms with Crippen molar-refractivity contribution in [1.29, 1.82) is 0 Å². The van der Waals surface area contributed by atoms with Gasteiger partial charge in [0, 0.05) is 6.07 Å². The molecule has 5 nitrogen and oxygen atoms in total. The largest absolute Gasteiger partial charge is 0.478 e. The Hall–Kier alpha value is -2.48. The molecule has 2 rings (SSSR count). The predicted molar refractivity (Wildman–Crippen MR) is 75.3 cm³/mol. The van der Waals surface area contributed by atoms with Gasteiger partial charge in [0.15, 0.2) is 0 Å². The summed E-state index contributed by atoms with van der Waals surface area (Å²) in [5.74, 6) is -4.13. The van der Waals surface area contributed by atoms with Crippen LogP contribution in [0.1, 0.15) is 15.9 Å². The van der Waals surface area contributed by atoms with Gasteiger partial charge in [-0.2, -0.15) is 0 Å². The zero-order valence-corrected chi connectivity index (χ0v) is 12.1. The van der Waals surface area contributed by atoms with E-state index in [2.05, 4.69) is 0 Å². The maximum Gasteiger partial charge on any atom is 0.338 e. The van der Waals surface area contributed by atoms with Gasteiger partial charge in [-0.3, -0.25) is 4.72 Å². The van der Waals surface area contributed by atoms with Gasteiger partial charge in [0.25, 0.3) is 10.0 Å². The molecule has 116 valence electrons. The summed E-state index contributed by atoms with van der Waals surface area (Å²) in [5, 5.41) is 8.79. The van der Waals surface area contributed by atoms with E-state index in [-0.39, 0.29) is 4.90 Å². The number of hydrogen-bond acceptors (Lipinski definition) is 3. The van der Waals surface area contributed by atoms with Crippen LogP contribution in [0.3, 0.4) is 0 Å². The Bertz CT molecular complexity index is 833. The first kappa shape index (κ1) is 15.9. The fourth-order valence-electron chi connectivity index (χ4n) is 1.71. The molecule has 0 atom stereocenters. The lowest BCUT2D eigenvalue weighted by molar-refractivity contribution is 0.0692. The zero-order valence-electron chi connectivity index (χ0n) is 11.3. The molecule has 0 fully saturated rings. The second kappa shape index (κ2) is 5.72. The van der Waals surface area contributed by atoms with E-state index in [0.29, 0.717) is 12.1 Å². The molecule has 0 aliphatic carbocycles. The minimum absolute atomic E-state index is 0.126. The Morgan fingerprint density at radius 2 is 1.68 bits per heavy atom. The van der Waals surface area contributed by atoms with E-state index in [4.69, 9.17) is 5.11 Å². The number of carboxylic acids is 1. The van der Waals surface area contributed by atoms with Crippen molar-refractivity contribution in [3.8, 4) is 0 Å². The van der Waals surface area contributed by atoms with Crippen molar-refractivity contribution < 1.29 is 27.1 Å². The number of aryl methyl sites for hydroxylation is 1. The molecule has 2 N–H and O–H groups in total. The van der Waals surface area contributed by atoms with E-state index in [9.17, 15) is 22.0 Å². The smallest absolute Gasteiger partial charge is 0.338 e. The highest BCUT2D eigenvalue weighted by Gasteiger charge is 2.20. The molecular weight excluding hydrogens is 316 g/mol. The molecule has 0 aliphatic heterocycles. The summed E-state index contributed by atoms with van der Waals surface area (Å²) in [4.78, 5) is 10.7. The summed E-state index contributed by atoms with van der Waals surface area (Å²) in [6, 6.07) is 6.65. The number of hydrogen-bond donors (Lipinski definition) is 2. The molecule has 0 heterocycles. The van der Waals surface area contributed by atoms with Gasteiger partial charge < -0.3 is 5.11 Å². The third-order valence-electron chi connectivity index (χ3n) is 2.86. The van der Waals surface area contributed by atoms with Gasteiger partial charge in [0.1, 0.15) is 11.6 Å². The molecule has 0 saturated heterocycles. The lowest BCUT2D eigenvalue weighted by Crippen LogP contribution is -2.15. The highest BCUT2D eigenvalue weighted by molar-refractivity contribution is 7.92. The van der Waals surface area contributed by atoms with Crippen LogP contribution in [0.25, 0.3) is 0 Å². The van der Waals surface area contributed by atoms with Crippen molar-refractivity contribution >= 4 is 21.7 Å². The van der Waals surface area contributed by atoms with Gasteiger partial charge in [-0.15, -0.1) is 0 Å². The van der Waals surface area contributed by atoms with E-state index < -0.39 is 38.9 Å². The third-order valence-corrected chi connectivity index (χ3v) is 4.24. The number of anilines is 1. The lowest BCUT2D eigenvalue weighted by Gasteiger charge is -2.10. The van der Waals surface area contributed by atoms with Gasteiger partial charge in [-0.25, -0.2) is 22.0 Å². The highest BCUT2D eigenvalue weighted by atomic mass is 32.2. The number of carbonyl (C=O) groups is 1. The fourth-order valence-corrected chi connectivity index (χ4v) is 2.77. The van der Waals surface area contributed by atoms with E-state index in [1.54, 1.807) is 19.1 Å². The molecule has 2 aromatic rings. The molecule has 0 unspecified atom stereocenters. The van der Waals surface area contributed by atoms with E-state index in [1.165, 1.54) is 12.1 Å². The number of nitrogens with one attached hydrogen (secondary N) is 1. The van der Waals surface area contributed by atoms with Crippen LogP contribution in [0.4, 0.5) is 14.5 Å². The van der Waals surface area contributed by atoms with Gasteiger partial charge in [-0.05, 0) is 25.1 Å². The van der Waals surface area contributed by atoms with Crippen LogP contribution in [0.5, 0.6) is 0 Å². The van der Waals surface area contributed by atoms with Crippen molar-refractivity contribution in [2.45, 2.75) is 11.8 Å². The summed E-state index contributed by atoms with van der Waals surface area (Å²) in [5.41, 5.74) is -0.637. The average Bonchev–Trinajstić information content (AvgIpc) is 2.41. The van der Waals surface area contributed by atoms with Crippen molar-refractivity contribution in [3.05, 3.63) is 59.2 Å². The molecule has 0 aromatic heterocycles. The van der Waals surface area contributed by atoms with Crippen LogP contribution < -0.4 is 4.72 Å². The topological polar surface area (TPSA) is 83.5 Å². The normalized spacial score (nSPS) is 11.2. The minimum atomic E-state index is -4.11. The number of carboxylic acid groups (broad SMARTS) is 1. The van der Waals surface area contributed by atoms with E-state index >= 15 is 0 Å². The first-order valence-corrected chi connectivity index (χ1v) is 7.51. The SMILES string of the molecule is Cc1ccc(S(=O)(=O)Nc2cc(C(=O)O)c(F)cc2F)cc1. The Balaban J connectivity index is 2.43. The molecule has 0 saturated carbocycles. The lowest BCUT2D eigenvalue weighted by atomic mass is 10.2. The monoisotopic (exact) mass is 327 g/mol. The first-order chi connectivity index (χ1) is 10.2. The van der Waals surface area contributed by atoms with Crippen LogP contribution >= 0.6 is 0 Å².